The molecule has 17 nitrogen and oxygen atoms in total. The van der Waals surface area contributed by atoms with Crippen LogP contribution in [0.1, 0.15) is 364 Å². The average Bonchev–Trinajstić information content (AvgIpc) is 1.73. The highest BCUT2D eigenvalue weighted by molar-refractivity contribution is 7.47. The van der Waals surface area contributed by atoms with Gasteiger partial charge in [-0.3, -0.25) is 37.3 Å². The Morgan fingerprint density at radius 2 is 0.522 bits per heavy atom. The molecule has 3 unspecified atom stereocenters. The molecule has 19 heteroatoms. The summed E-state index contributed by atoms with van der Waals surface area (Å²) in [5, 5.41) is 10.6. The Hall–Kier alpha value is -1.94. The largest absolute Gasteiger partial charge is 0.472 e. The average molecular weight is 1350 g/mol. The zero-order valence-corrected chi connectivity index (χ0v) is 62.0. The number of unbranched alkanes of at least 4 members (excludes halogenated alkanes) is 35. The molecule has 3 N–H and O–H groups in total. The first-order valence-electron chi connectivity index (χ1n) is 37.7. The second-order valence-corrected chi connectivity index (χ2v) is 30.9. The fourth-order valence-electron chi connectivity index (χ4n) is 11.0. The molecule has 0 radical (unpaired) electrons. The summed E-state index contributed by atoms with van der Waals surface area (Å²) in [6.07, 6.45) is 45.7. The molecule has 0 spiro atoms. The summed E-state index contributed by atoms with van der Waals surface area (Å²) in [7, 11) is -9.91. The number of carbonyl (C=O) groups excluding carboxylic acids is 4. The summed E-state index contributed by atoms with van der Waals surface area (Å²) in [6, 6.07) is 0. The van der Waals surface area contributed by atoms with E-state index in [1.807, 2.05) is 0 Å². The first kappa shape index (κ1) is 90.1. The predicted molar refractivity (Wildman–Crippen MR) is 372 cm³/mol. The van der Waals surface area contributed by atoms with Crippen LogP contribution in [0.4, 0.5) is 0 Å². The summed E-state index contributed by atoms with van der Waals surface area (Å²) < 4.78 is 68.4. The molecule has 0 saturated carbocycles. The van der Waals surface area contributed by atoms with Gasteiger partial charge in [-0.05, 0) is 49.4 Å². The third-order valence-electron chi connectivity index (χ3n) is 17.2. The number of phosphoric acid groups is 2. The maximum atomic E-state index is 13.0. The second-order valence-electron chi connectivity index (χ2n) is 28.0. The van der Waals surface area contributed by atoms with E-state index >= 15 is 0 Å². The van der Waals surface area contributed by atoms with E-state index in [1.54, 1.807) is 0 Å². The quantitative estimate of drug-likeness (QED) is 0.0222. The van der Waals surface area contributed by atoms with Gasteiger partial charge in [-0.25, -0.2) is 9.13 Å². The van der Waals surface area contributed by atoms with E-state index < -0.39 is 97.5 Å². The fraction of sp³-hybridized carbons (Fsp3) is 0.945. The summed E-state index contributed by atoms with van der Waals surface area (Å²) in [5.74, 6) is 0.929. The molecule has 0 saturated heterocycles. The van der Waals surface area contributed by atoms with Gasteiger partial charge in [0.05, 0.1) is 26.4 Å². The van der Waals surface area contributed by atoms with Gasteiger partial charge in [0.15, 0.2) is 12.2 Å². The lowest BCUT2D eigenvalue weighted by Crippen LogP contribution is -2.30. The van der Waals surface area contributed by atoms with Crippen molar-refractivity contribution in [3.05, 3.63) is 0 Å². The minimum absolute atomic E-state index is 0.105. The minimum Gasteiger partial charge on any atom is -0.462 e. The van der Waals surface area contributed by atoms with Crippen molar-refractivity contribution in [1.29, 1.82) is 0 Å². The molecule has 0 aromatic rings. The molecule has 0 aliphatic carbocycles. The van der Waals surface area contributed by atoms with Crippen LogP contribution in [0.25, 0.3) is 0 Å². The van der Waals surface area contributed by atoms with Crippen molar-refractivity contribution in [3.8, 4) is 0 Å². The van der Waals surface area contributed by atoms with Gasteiger partial charge >= 0.3 is 39.5 Å². The SMILES string of the molecule is CCC(C)CCCCCCCCCCC(=O)OC[C@H](COP(=O)(O)OC[C@H](O)COP(=O)(O)OC[C@@H](COC(=O)CCCCCCCCCCCCC(C)C)OC(=O)CCCCCCCCCCCCCC(C)C)OC(=O)CCCCCCCCCCCCC(C)C. The highest BCUT2D eigenvalue weighted by atomic mass is 31.2. The van der Waals surface area contributed by atoms with Crippen LogP contribution in [-0.2, 0) is 65.4 Å². The topological polar surface area (TPSA) is 237 Å². The van der Waals surface area contributed by atoms with Crippen LogP contribution < -0.4 is 0 Å². The van der Waals surface area contributed by atoms with Crippen molar-refractivity contribution in [3.63, 3.8) is 0 Å². The van der Waals surface area contributed by atoms with E-state index in [0.717, 1.165) is 114 Å². The molecule has 0 bridgehead atoms. The molecular weight excluding hydrogens is 1210 g/mol. The number of phosphoric ester groups is 2. The fourth-order valence-corrected chi connectivity index (χ4v) is 12.6. The first-order chi connectivity index (χ1) is 44.1. The molecule has 0 aromatic carbocycles. The third-order valence-corrected chi connectivity index (χ3v) is 19.1. The molecule has 0 amide bonds. The summed E-state index contributed by atoms with van der Waals surface area (Å²) in [5.41, 5.74) is 0. The highest BCUT2D eigenvalue weighted by Gasteiger charge is 2.30. The molecular formula is C73H142O17P2. The molecule has 0 aliphatic heterocycles. The van der Waals surface area contributed by atoms with Crippen molar-refractivity contribution >= 4 is 39.5 Å². The van der Waals surface area contributed by atoms with Crippen LogP contribution >= 0.6 is 15.6 Å². The summed E-state index contributed by atoms with van der Waals surface area (Å²) in [4.78, 5) is 72.7. The van der Waals surface area contributed by atoms with E-state index in [1.165, 1.54) is 167 Å². The van der Waals surface area contributed by atoms with Crippen molar-refractivity contribution in [2.45, 2.75) is 382 Å². The second kappa shape index (κ2) is 62.6. The van der Waals surface area contributed by atoms with Crippen LogP contribution in [0.15, 0.2) is 0 Å². The van der Waals surface area contributed by atoms with Gasteiger partial charge < -0.3 is 33.8 Å². The Morgan fingerprint density at radius 1 is 0.304 bits per heavy atom. The van der Waals surface area contributed by atoms with Crippen LogP contribution in [0.5, 0.6) is 0 Å². The number of carbonyl (C=O) groups is 4. The predicted octanol–water partition coefficient (Wildman–Crippen LogP) is 20.9. The van der Waals surface area contributed by atoms with Gasteiger partial charge in [-0.2, -0.15) is 0 Å². The van der Waals surface area contributed by atoms with Crippen LogP contribution in [0, 0.1) is 23.7 Å². The number of aliphatic hydroxyl groups excluding tert-OH is 1. The molecule has 0 rings (SSSR count). The molecule has 0 fully saturated rings. The molecule has 0 aliphatic rings. The maximum absolute atomic E-state index is 13.0. The molecule has 92 heavy (non-hydrogen) atoms. The van der Waals surface area contributed by atoms with E-state index in [-0.39, 0.29) is 25.7 Å². The van der Waals surface area contributed by atoms with Gasteiger partial charge in [0.1, 0.15) is 19.3 Å². The third kappa shape index (κ3) is 65.4. The Bertz CT molecular complexity index is 1820. The van der Waals surface area contributed by atoms with Crippen molar-refractivity contribution in [2.75, 3.05) is 39.6 Å². The van der Waals surface area contributed by atoms with Gasteiger partial charge in [-0.1, -0.05) is 312 Å². The molecule has 6 atom stereocenters. The zero-order chi connectivity index (χ0) is 68.2. The smallest absolute Gasteiger partial charge is 0.462 e. The van der Waals surface area contributed by atoms with E-state index in [4.69, 9.17) is 37.0 Å². The lowest BCUT2D eigenvalue weighted by atomic mass is 9.99. The van der Waals surface area contributed by atoms with Crippen LogP contribution in [0.2, 0.25) is 0 Å². The summed E-state index contributed by atoms with van der Waals surface area (Å²) in [6.45, 7) is 14.2. The van der Waals surface area contributed by atoms with E-state index in [2.05, 4.69) is 55.4 Å². The van der Waals surface area contributed by atoms with Crippen LogP contribution in [0.3, 0.4) is 0 Å². The molecule has 0 heterocycles. The normalized spacial score (nSPS) is 14.5. The molecule has 0 aromatic heterocycles. The Kier molecular flexibility index (Phi) is 61.3. The minimum atomic E-state index is -4.96. The maximum Gasteiger partial charge on any atom is 0.472 e. The summed E-state index contributed by atoms with van der Waals surface area (Å²) >= 11 is 0. The number of esters is 4. The van der Waals surface area contributed by atoms with Crippen LogP contribution in [-0.4, -0.2) is 96.7 Å². The number of rotatable bonds is 70. The standard InChI is InChI=1S/C73H142O17P2/c1-9-66(8)52-44-36-28-23-24-30-38-46-54-71(76)84-60-69(90-73(78)56-48-40-32-22-16-14-19-27-35-43-51-65(6)7)62-88-92(81,82)86-58-67(74)57-85-91(79,80)87-61-68(59-83-70(75)53-45-37-29-20-15-13-18-26-34-42-50-64(4)5)89-72(77)55-47-39-31-21-12-10-11-17-25-33-41-49-63(2)3/h63-69,74H,9-62H2,1-8H3,(H,79,80)(H,81,82)/t66?,67-,68-,69-/m1/s1. The highest BCUT2D eigenvalue weighted by Crippen LogP contribution is 2.45. The lowest BCUT2D eigenvalue weighted by Gasteiger charge is -2.21. The number of hydrogen-bond donors (Lipinski definition) is 3. The van der Waals surface area contributed by atoms with Gasteiger partial charge in [0, 0.05) is 25.7 Å². The van der Waals surface area contributed by atoms with Crippen molar-refractivity contribution in [2.24, 2.45) is 23.7 Å². The number of aliphatic hydroxyl groups is 1. The van der Waals surface area contributed by atoms with Gasteiger partial charge in [0.25, 0.3) is 0 Å². The Labute approximate surface area is 562 Å². The van der Waals surface area contributed by atoms with E-state index in [9.17, 15) is 43.2 Å². The van der Waals surface area contributed by atoms with Crippen molar-refractivity contribution < 1.29 is 80.2 Å². The number of hydrogen-bond acceptors (Lipinski definition) is 15. The van der Waals surface area contributed by atoms with Gasteiger partial charge in [-0.15, -0.1) is 0 Å². The van der Waals surface area contributed by atoms with E-state index in [0.29, 0.717) is 25.7 Å². The Balaban J connectivity index is 5.28. The zero-order valence-electron chi connectivity index (χ0n) is 60.2. The number of ether oxygens (including phenoxy) is 4. The Morgan fingerprint density at radius 3 is 0.772 bits per heavy atom. The monoisotopic (exact) mass is 1350 g/mol. The molecule has 546 valence electrons. The van der Waals surface area contributed by atoms with Crippen molar-refractivity contribution in [1.82, 2.24) is 0 Å². The lowest BCUT2D eigenvalue weighted by molar-refractivity contribution is -0.161. The first-order valence-corrected chi connectivity index (χ1v) is 40.7. The van der Waals surface area contributed by atoms with Gasteiger partial charge in [0.2, 0.25) is 0 Å².